The van der Waals surface area contributed by atoms with Crippen LogP contribution in [0.2, 0.25) is 0 Å². The van der Waals surface area contributed by atoms with Gasteiger partial charge in [0.2, 0.25) is 16.0 Å². The van der Waals surface area contributed by atoms with E-state index in [9.17, 15) is 17.6 Å². The molecule has 0 amide bonds. The zero-order chi connectivity index (χ0) is 29.3. The highest BCUT2D eigenvalue weighted by Gasteiger charge is 2.24. The zero-order valence-corrected chi connectivity index (χ0v) is 23.7. The van der Waals surface area contributed by atoms with E-state index in [1.54, 1.807) is 37.3 Å². The van der Waals surface area contributed by atoms with E-state index in [4.69, 9.17) is 0 Å². The van der Waals surface area contributed by atoms with Gasteiger partial charge in [0.25, 0.3) is 5.56 Å². The molecule has 0 bridgehead atoms. The van der Waals surface area contributed by atoms with Crippen LogP contribution in [0.25, 0.3) is 22.4 Å². The van der Waals surface area contributed by atoms with E-state index >= 15 is 4.39 Å². The van der Waals surface area contributed by atoms with E-state index in [2.05, 4.69) is 30.3 Å². The van der Waals surface area contributed by atoms with Gasteiger partial charge in [0, 0.05) is 37.2 Å². The first-order valence-electron chi connectivity index (χ1n) is 13.3. The van der Waals surface area contributed by atoms with Gasteiger partial charge in [0.05, 0.1) is 17.6 Å². The molecule has 3 N–H and O–H groups in total. The number of aryl methyl sites for hydroxylation is 1. The summed E-state index contributed by atoms with van der Waals surface area (Å²) in [6.45, 7) is 6.04. The first-order chi connectivity index (χ1) is 19.5. The maximum atomic E-state index is 15.3. The summed E-state index contributed by atoms with van der Waals surface area (Å²) in [5.41, 5.74) is 0.940. The Morgan fingerprint density at radius 3 is 2.59 bits per heavy atom. The molecule has 216 valence electrons. The third-order valence-corrected chi connectivity index (χ3v) is 8.02. The molecule has 1 saturated heterocycles. The number of aromatic nitrogens is 4. The Bertz CT molecular complexity index is 1720. The molecule has 0 spiro atoms. The summed E-state index contributed by atoms with van der Waals surface area (Å²) < 4.78 is 58.4. The number of nitrogens with zero attached hydrogens (tertiary/aromatic N) is 4. The number of hydrogen-bond donors (Lipinski definition) is 3. The van der Waals surface area contributed by atoms with Crippen molar-refractivity contribution < 1.29 is 17.2 Å². The lowest BCUT2D eigenvalue weighted by molar-refractivity contribution is 0.254. The number of hydrogen-bond acceptors (Lipinski definition) is 8. The average molecular weight is 584 g/mol. The smallest absolute Gasteiger partial charge is 0.278 e. The molecule has 2 aromatic carbocycles. The summed E-state index contributed by atoms with van der Waals surface area (Å²) in [4.78, 5) is 26.9. The van der Waals surface area contributed by atoms with Gasteiger partial charge in [-0.25, -0.2) is 27.2 Å². The standard InChI is InChI=1S/C28H31F2N7O3S/c1-16(2)37-26-23(14-32-28(35-26)33-21-11-20(29)12-31-13-21)34-25(27(37)38)19-9-17(3)24(22(30)10-19)36-41(39,40)15-18-7-5-4-6-8-18/h4-10,14,16,20-21,31,36H,11-13,15H2,1-3H3,(H,32,33,35)/t20-,21-/m0/s1. The molecule has 2 atom stereocenters. The average Bonchev–Trinajstić information content (AvgIpc) is 2.90. The molecule has 0 aliphatic carbocycles. The lowest BCUT2D eigenvalue weighted by Crippen LogP contribution is -2.44. The minimum Gasteiger partial charge on any atom is -0.350 e. The molecule has 1 aliphatic heterocycles. The fourth-order valence-electron chi connectivity index (χ4n) is 4.92. The molecular formula is C28H31F2N7O3S. The second-order valence-corrected chi connectivity index (χ2v) is 12.2. The number of sulfonamides is 1. The third-order valence-electron chi connectivity index (χ3n) is 6.80. The van der Waals surface area contributed by atoms with Crippen LogP contribution in [-0.2, 0) is 15.8 Å². The molecule has 4 aromatic rings. The predicted octanol–water partition coefficient (Wildman–Crippen LogP) is 3.94. The molecule has 0 radical (unpaired) electrons. The molecule has 2 aromatic heterocycles. The van der Waals surface area contributed by atoms with Gasteiger partial charge in [0.15, 0.2) is 5.65 Å². The van der Waals surface area contributed by atoms with E-state index in [1.807, 2.05) is 13.8 Å². The largest absolute Gasteiger partial charge is 0.350 e. The molecule has 1 fully saturated rings. The molecule has 13 heteroatoms. The van der Waals surface area contributed by atoms with Crippen molar-refractivity contribution in [2.45, 2.75) is 51.2 Å². The monoisotopic (exact) mass is 583 g/mol. The van der Waals surface area contributed by atoms with Gasteiger partial charge in [-0.1, -0.05) is 30.3 Å². The normalized spacial score (nSPS) is 17.6. The fourth-order valence-corrected chi connectivity index (χ4v) is 6.19. The number of anilines is 2. The molecule has 0 saturated carbocycles. The fraction of sp³-hybridized carbons (Fsp3) is 0.357. The first-order valence-corrected chi connectivity index (χ1v) is 14.9. The molecule has 5 rings (SSSR count). The summed E-state index contributed by atoms with van der Waals surface area (Å²) in [7, 11) is -3.90. The Balaban J connectivity index is 1.49. The Morgan fingerprint density at radius 2 is 1.90 bits per heavy atom. The quantitative estimate of drug-likeness (QED) is 0.284. The van der Waals surface area contributed by atoms with Crippen LogP contribution in [0, 0.1) is 12.7 Å². The Kier molecular flexibility index (Phi) is 8.00. The SMILES string of the molecule is Cc1cc(-c2nc3cnc(N[C@@H]4CNC[C@@H](F)C4)nc3n(C(C)C)c2=O)cc(F)c1NS(=O)(=O)Cc1ccccc1. The topological polar surface area (TPSA) is 131 Å². The van der Waals surface area contributed by atoms with Crippen molar-refractivity contribution in [3.8, 4) is 11.3 Å². The van der Waals surface area contributed by atoms with Gasteiger partial charge in [-0.3, -0.25) is 14.1 Å². The summed E-state index contributed by atoms with van der Waals surface area (Å²) in [5, 5.41) is 6.13. The number of benzene rings is 2. The van der Waals surface area contributed by atoms with Crippen LogP contribution in [0.4, 0.5) is 20.4 Å². The summed E-state index contributed by atoms with van der Waals surface area (Å²) >= 11 is 0. The molecule has 3 heterocycles. The maximum absolute atomic E-state index is 15.3. The molecule has 1 aliphatic rings. The van der Waals surface area contributed by atoms with E-state index in [0.717, 1.165) is 6.07 Å². The number of alkyl halides is 1. The van der Waals surface area contributed by atoms with Crippen LogP contribution in [-0.4, -0.2) is 53.2 Å². The lowest BCUT2D eigenvalue weighted by Gasteiger charge is -2.26. The van der Waals surface area contributed by atoms with E-state index in [1.165, 1.54) is 16.8 Å². The van der Waals surface area contributed by atoms with Gasteiger partial charge in [-0.05, 0) is 44.0 Å². The highest BCUT2D eigenvalue weighted by Crippen LogP contribution is 2.28. The highest BCUT2D eigenvalue weighted by atomic mass is 32.2. The van der Waals surface area contributed by atoms with E-state index in [0.29, 0.717) is 30.6 Å². The van der Waals surface area contributed by atoms with Crippen molar-refractivity contribution >= 4 is 32.8 Å². The minimum atomic E-state index is -3.90. The maximum Gasteiger partial charge on any atom is 0.278 e. The number of halogens is 2. The third kappa shape index (κ3) is 6.35. The van der Waals surface area contributed by atoms with Crippen LogP contribution in [0.1, 0.15) is 37.4 Å². The van der Waals surface area contributed by atoms with Gasteiger partial charge in [-0.2, -0.15) is 4.98 Å². The van der Waals surface area contributed by atoms with Gasteiger partial charge < -0.3 is 10.6 Å². The second-order valence-electron chi connectivity index (χ2n) is 10.5. The zero-order valence-electron chi connectivity index (χ0n) is 22.9. The van der Waals surface area contributed by atoms with Crippen LogP contribution in [0.15, 0.2) is 53.5 Å². The molecule has 41 heavy (non-hydrogen) atoms. The van der Waals surface area contributed by atoms with Crippen molar-refractivity contribution in [2.75, 3.05) is 23.1 Å². The summed E-state index contributed by atoms with van der Waals surface area (Å²) in [5.74, 6) is -0.907. The Hall–Kier alpha value is -3.97. The predicted molar refractivity (Wildman–Crippen MR) is 155 cm³/mol. The second kappa shape index (κ2) is 11.5. The number of piperidine rings is 1. The van der Waals surface area contributed by atoms with Crippen molar-refractivity contribution in [3.05, 3.63) is 76.0 Å². The van der Waals surface area contributed by atoms with Crippen molar-refractivity contribution in [3.63, 3.8) is 0 Å². The summed E-state index contributed by atoms with van der Waals surface area (Å²) in [6.07, 6.45) is 0.797. The van der Waals surface area contributed by atoms with Crippen LogP contribution < -0.4 is 20.9 Å². The Morgan fingerprint density at radius 1 is 1.15 bits per heavy atom. The minimum absolute atomic E-state index is 0.0204. The van der Waals surface area contributed by atoms with Crippen LogP contribution >= 0.6 is 0 Å². The molecule has 0 unspecified atom stereocenters. The first kappa shape index (κ1) is 28.6. The molecular weight excluding hydrogens is 552 g/mol. The van der Waals surface area contributed by atoms with Gasteiger partial charge >= 0.3 is 0 Å². The number of fused-ring (bicyclic) bond motifs is 1. The number of nitrogens with one attached hydrogen (secondary N) is 3. The van der Waals surface area contributed by atoms with Gasteiger partial charge in [-0.15, -0.1) is 0 Å². The van der Waals surface area contributed by atoms with E-state index < -0.39 is 27.6 Å². The highest BCUT2D eigenvalue weighted by molar-refractivity contribution is 7.91. The Labute approximate surface area is 236 Å². The van der Waals surface area contributed by atoms with Crippen molar-refractivity contribution in [2.24, 2.45) is 0 Å². The molecule has 10 nitrogen and oxygen atoms in total. The lowest BCUT2D eigenvalue weighted by atomic mass is 10.1. The van der Waals surface area contributed by atoms with Crippen molar-refractivity contribution in [1.82, 2.24) is 24.8 Å². The number of rotatable bonds is 8. The van der Waals surface area contributed by atoms with Crippen LogP contribution in [0.3, 0.4) is 0 Å². The van der Waals surface area contributed by atoms with Gasteiger partial charge in [0.1, 0.15) is 23.2 Å². The van der Waals surface area contributed by atoms with Crippen LogP contribution in [0.5, 0.6) is 0 Å². The summed E-state index contributed by atoms with van der Waals surface area (Å²) in [6, 6.07) is 10.6. The van der Waals surface area contributed by atoms with E-state index in [-0.39, 0.29) is 51.9 Å². The van der Waals surface area contributed by atoms with Crippen molar-refractivity contribution in [1.29, 1.82) is 0 Å².